The molecule has 1 atom stereocenters. The lowest BCUT2D eigenvalue weighted by atomic mass is 9.98. The van der Waals surface area contributed by atoms with Gasteiger partial charge in [0.1, 0.15) is 0 Å². The van der Waals surface area contributed by atoms with Crippen molar-refractivity contribution < 1.29 is 18.0 Å². The van der Waals surface area contributed by atoms with Crippen molar-refractivity contribution in [2.24, 2.45) is 0 Å². The Morgan fingerprint density at radius 2 is 1.74 bits per heavy atom. The van der Waals surface area contributed by atoms with E-state index in [0.29, 0.717) is 11.7 Å². The molecule has 2 aromatic carbocycles. The van der Waals surface area contributed by atoms with Gasteiger partial charge in [0.25, 0.3) is 5.91 Å². The van der Waals surface area contributed by atoms with Crippen LogP contribution in [0.5, 0.6) is 0 Å². The van der Waals surface area contributed by atoms with E-state index >= 15 is 0 Å². The van der Waals surface area contributed by atoms with Gasteiger partial charge < -0.3 is 10.6 Å². The number of hydrogen-bond donors (Lipinski definition) is 2. The van der Waals surface area contributed by atoms with Gasteiger partial charge in [-0.15, -0.1) is 0 Å². The summed E-state index contributed by atoms with van der Waals surface area (Å²) in [6.45, 7) is 1.10. The minimum absolute atomic E-state index is 0.190. The second-order valence-electron chi connectivity index (χ2n) is 6.91. The number of piperidine rings is 1. The first kappa shape index (κ1) is 19.4. The maximum absolute atomic E-state index is 12.6. The highest BCUT2D eigenvalue weighted by Crippen LogP contribution is 2.29. The zero-order chi connectivity index (χ0) is 19.3. The van der Waals surface area contributed by atoms with Gasteiger partial charge in [0.05, 0.1) is 5.56 Å². The SMILES string of the molecule is O=C(Nc1ccc(CC[C@H]2CCCCN2)cc1)c1ccc(C(F)(F)F)cc1. The topological polar surface area (TPSA) is 41.1 Å². The summed E-state index contributed by atoms with van der Waals surface area (Å²) in [5.41, 5.74) is 1.25. The van der Waals surface area contributed by atoms with Crippen LogP contribution in [0.3, 0.4) is 0 Å². The van der Waals surface area contributed by atoms with E-state index in [0.717, 1.165) is 31.5 Å². The molecule has 27 heavy (non-hydrogen) atoms. The molecule has 1 heterocycles. The van der Waals surface area contributed by atoms with Crippen LogP contribution in [0.1, 0.15) is 47.2 Å². The van der Waals surface area contributed by atoms with Gasteiger partial charge >= 0.3 is 6.18 Å². The average molecular weight is 376 g/mol. The van der Waals surface area contributed by atoms with E-state index in [4.69, 9.17) is 0 Å². The summed E-state index contributed by atoms with van der Waals surface area (Å²) in [6, 6.07) is 12.4. The van der Waals surface area contributed by atoms with Crippen LogP contribution in [0, 0.1) is 0 Å². The summed E-state index contributed by atoms with van der Waals surface area (Å²) in [6.07, 6.45) is 1.43. The Bertz CT molecular complexity index is 748. The number of halogens is 3. The van der Waals surface area contributed by atoms with E-state index in [9.17, 15) is 18.0 Å². The molecule has 2 N–H and O–H groups in total. The summed E-state index contributed by atoms with van der Waals surface area (Å²) in [7, 11) is 0. The molecule has 1 fully saturated rings. The van der Waals surface area contributed by atoms with E-state index in [1.807, 2.05) is 24.3 Å². The molecule has 1 aliphatic rings. The molecule has 144 valence electrons. The van der Waals surface area contributed by atoms with Gasteiger partial charge in [0.2, 0.25) is 0 Å². The number of carbonyl (C=O) groups excluding carboxylic acids is 1. The van der Waals surface area contributed by atoms with E-state index in [1.54, 1.807) is 0 Å². The molecule has 1 saturated heterocycles. The molecular weight excluding hydrogens is 353 g/mol. The summed E-state index contributed by atoms with van der Waals surface area (Å²) in [4.78, 5) is 12.2. The highest BCUT2D eigenvalue weighted by Gasteiger charge is 2.30. The average Bonchev–Trinajstić information content (AvgIpc) is 2.68. The van der Waals surface area contributed by atoms with Crippen molar-refractivity contribution >= 4 is 11.6 Å². The highest BCUT2D eigenvalue weighted by molar-refractivity contribution is 6.04. The second kappa shape index (κ2) is 8.57. The van der Waals surface area contributed by atoms with Gasteiger partial charge in [-0.3, -0.25) is 4.79 Å². The summed E-state index contributed by atoms with van der Waals surface area (Å²) in [5.74, 6) is -0.428. The number of alkyl halides is 3. The lowest BCUT2D eigenvalue weighted by Crippen LogP contribution is -2.34. The van der Waals surface area contributed by atoms with E-state index in [2.05, 4.69) is 10.6 Å². The molecule has 6 heteroatoms. The minimum Gasteiger partial charge on any atom is -0.322 e. The molecule has 0 aromatic heterocycles. The van der Waals surface area contributed by atoms with Crippen molar-refractivity contribution in [1.29, 1.82) is 0 Å². The van der Waals surface area contributed by atoms with Crippen molar-refractivity contribution in [3.05, 3.63) is 65.2 Å². The van der Waals surface area contributed by atoms with Crippen LogP contribution in [-0.4, -0.2) is 18.5 Å². The monoisotopic (exact) mass is 376 g/mol. The fraction of sp³-hybridized carbons (Fsp3) is 0.381. The molecule has 3 nitrogen and oxygen atoms in total. The van der Waals surface area contributed by atoms with Gasteiger partial charge in [0, 0.05) is 17.3 Å². The molecule has 1 amide bonds. The van der Waals surface area contributed by atoms with Crippen LogP contribution in [-0.2, 0) is 12.6 Å². The molecule has 0 saturated carbocycles. The number of benzene rings is 2. The number of hydrogen-bond acceptors (Lipinski definition) is 2. The Morgan fingerprint density at radius 3 is 2.33 bits per heavy atom. The number of carbonyl (C=O) groups is 1. The third-order valence-electron chi connectivity index (χ3n) is 4.88. The molecule has 1 aliphatic heterocycles. The minimum atomic E-state index is -4.40. The van der Waals surface area contributed by atoms with Crippen molar-refractivity contribution in [2.45, 2.75) is 44.3 Å². The Hall–Kier alpha value is -2.34. The second-order valence-corrected chi connectivity index (χ2v) is 6.91. The van der Waals surface area contributed by atoms with Gasteiger partial charge in [-0.25, -0.2) is 0 Å². The van der Waals surface area contributed by atoms with Crippen molar-refractivity contribution in [3.8, 4) is 0 Å². The Morgan fingerprint density at radius 1 is 1.04 bits per heavy atom. The molecule has 3 rings (SSSR count). The van der Waals surface area contributed by atoms with Crippen LogP contribution in [0.15, 0.2) is 48.5 Å². The Balaban J connectivity index is 1.53. The molecule has 2 aromatic rings. The number of aryl methyl sites for hydroxylation is 1. The zero-order valence-electron chi connectivity index (χ0n) is 15.0. The highest BCUT2D eigenvalue weighted by atomic mass is 19.4. The maximum Gasteiger partial charge on any atom is 0.416 e. The quantitative estimate of drug-likeness (QED) is 0.768. The van der Waals surface area contributed by atoms with E-state index in [1.165, 1.54) is 37.0 Å². The molecule has 0 unspecified atom stereocenters. The van der Waals surface area contributed by atoms with Crippen LogP contribution in [0.25, 0.3) is 0 Å². The summed E-state index contributed by atoms with van der Waals surface area (Å²) < 4.78 is 37.7. The Kier molecular flexibility index (Phi) is 6.16. The first-order valence-corrected chi connectivity index (χ1v) is 9.23. The van der Waals surface area contributed by atoms with Crippen LogP contribution in [0.4, 0.5) is 18.9 Å². The van der Waals surface area contributed by atoms with E-state index in [-0.39, 0.29) is 5.56 Å². The normalized spacial score (nSPS) is 17.5. The van der Waals surface area contributed by atoms with Crippen molar-refractivity contribution in [1.82, 2.24) is 5.32 Å². The lowest BCUT2D eigenvalue weighted by molar-refractivity contribution is -0.137. The predicted molar refractivity (Wildman–Crippen MR) is 99.8 cm³/mol. The van der Waals surface area contributed by atoms with Gasteiger partial charge in [-0.05, 0) is 74.2 Å². The van der Waals surface area contributed by atoms with Crippen LogP contribution in [0.2, 0.25) is 0 Å². The maximum atomic E-state index is 12.6. The molecule has 0 spiro atoms. The lowest BCUT2D eigenvalue weighted by Gasteiger charge is -2.23. The van der Waals surface area contributed by atoms with Crippen molar-refractivity contribution in [3.63, 3.8) is 0 Å². The fourth-order valence-corrected chi connectivity index (χ4v) is 3.28. The van der Waals surface area contributed by atoms with E-state index < -0.39 is 17.6 Å². The number of nitrogens with one attached hydrogen (secondary N) is 2. The molecule has 0 bridgehead atoms. The Labute approximate surface area is 157 Å². The van der Waals surface area contributed by atoms with Gasteiger partial charge in [0.15, 0.2) is 0 Å². The first-order valence-electron chi connectivity index (χ1n) is 9.23. The first-order chi connectivity index (χ1) is 12.9. The number of rotatable bonds is 5. The largest absolute Gasteiger partial charge is 0.416 e. The number of anilines is 1. The van der Waals surface area contributed by atoms with Crippen LogP contribution >= 0.6 is 0 Å². The van der Waals surface area contributed by atoms with Gasteiger partial charge in [-0.1, -0.05) is 18.6 Å². The summed E-state index contributed by atoms with van der Waals surface area (Å²) >= 11 is 0. The molecular formula is C21H23F3N2O. The third kappa shape index (κ3) is 5.57. The predicted octanol–water partition coefficient (Wildman–Crippen LogP) is 5.03. The summed E-state index contributed by atoms with van der Waals surface area (Å²) in [5, 5.41) is 6.25. The van der Waals surface area contributed by atoms with Gasteiger partial charge in [-0.2, -0.15) is 13.2 Å². The van der Waals surface area contributed by atoms with Crippen molar-refractivity contribution in [2.75, 3.05) is 11.9 Å². The zero-order valence-corrected chi connectivity index (χ0v) is 15.0. The number of amides is 1. The third-order valence-corrected chi connectivity index (χ3v) is 4.88. The standard InChI is InChI=1S/C21H23F3N2O/c22-21(23,24)17-9-7-16(8-10-17)20(27)26-19-12-5-15(6-13-19)4-11-18-3-1-2-14-25-18/h5-10,12-13,18,25H,1-4,11,14H2,(H,26,27)/t18-/m1/s1. The molecule has 0 radical (unpaired) electrons. The fourth-order valence-electron chi connectivity index (χ4n) is 3.28. The molecule has 0 aliphatic carbocycles. The smallest absolute Gasteiger partial charge is 0.322 e. The van der Waals surface area contributed by atoms with Crippen LogP contribution < -0.4 is 10.6 Å².